The molecule has 3 fully saturated rings. The third kappa shape index (κ3) is 6.35. The maximum absolute atomic E-state index is 14.6. The summed E-state index contributed by atoms with van der Waals surface area (Å²) in [6.45, 7) is 10.2. The lowest BCUT2D eigenvalue weighted by molar-refractivity contribution is 0.0145. The summed E-state index contributed by atoms with van der Waals surface area (Å²) in [4.78, 5) is 26.8. The number of hydrogen-bond donors (Lipinski definition) is 0. The van der Waals surface area contributed by atoms with Gasteiger partial charge >= 0.3 is 6.09 Å². The third-order valence-electron chi connectivity index (χ3n) is 10.3. The van der Waals surface area contributed by atoms with Gasteiger partial charge in [-0.05, 0) is 64.1 Å². The van der Waals surface area contributed by atoms with Gasteiger partial charge in [-0.15, -0.1) is 0 Å². The zero-order valence-corrected chi connectivity index (χ0v) is 28.8. The number of alkyl halides is 1. The number of carbonyl (C=O) groups is 1. The van der Waals surface area contributed by atoms with Gasteiger partial charge in [0.1, 0.15) is 18.4 Å². The van der Waals surface area contributed by atoms with E-state index in [2.05, 4.69) is 45.0 Å². The van der Waals surface area contributed by atoms with Gasteiger partial charge in [-0.3, -0.25) is 4.90 Å². The van der Waals surface area contributed by atoms with E-state index >= 15 is 0 Å². The van der Waals surface area contributed by atoms with Gasteiger partial charge in [-0.2, -0.15) is 5.26 Å². The van der Waals surface area contributed by atoms with Crippen molar-refractivity contribution in [3.63, 3.8) is 0 Å². The molecular formula is C37H44ClFN6O3. The van der Waals surface area contributed by atoms with Gasteiger partial charge in [0.05, 0.1) is 41.3 Å². The molecule has 2 aromatic carbocycles. The van der Waals surface area contributed by atoms with Crippen LogP contribution >= 0.6 is 11.6 Å². The first kappa shape index (κ1) is 32.7. The molecule has 254 valence electrons. The monoisotopic (exact) mass is 674 g/mol. The molecule has 48 heavy (non-hydrogen) atoms. The van der Waals surface area contributed by atoms with Crippen LogP contribution in [0.3, 0.4) is 0 Å². The minimum Gasteiger partial charge on any atom is -0.476 e. The summed E-state index contributed by atoms with van der Waals surface area (Å²) in [6, 6.07) is 16.2. The summed E-state index contributed by atoms with van der Waals surface area (Å²) >= 11 is 6.74. The first-order chi connectivity index (χ1) is 23.0. The molecule has 0 spiro atoms. The van der Waals surface area contributed by atoms with Crippen LogP contribution in [0.5, 0.6) is 5.88 Å². The van der Waals surface area contributed by atoms with E-state index in [0.29, 0.717) is 56.7 Å². The van der Waals surface area contributed by atoms with Crippen LogP contribution in [0.2, 0.25) is 5.02 Å². The minimum absolute atomic E-state index is 0.199. The number of hydrogen-bond acceptors (Lipinski definition) is 8. The number of pyridine rings is 1. The second-order valence-electron chi connectivity index (χ2n) is 14.7. The van der Waals surface area contributed by atoms with Gasteiger partial charge in [0.15, 0.2) is 0 Å². The fourth-order valence-corrected chi connectivity index (χ4v) is 8.45. The van der Waals surface area contributed by atoms with Crippen molar-refractivity contribution in [2.45, 2.75) is 82.8 Å². The van der Waals surface area contributed by atoms with Crippen molar-refractivity contribution in [1.29, 1.82) is 5.26 Å². The van der Waals surface area contributed by atoms with E-state index in [-0.39, 0.29) is 18.0 Å². The van der Waals surface area contributed by atoms with Gasteiger partial charge in [0.25, 0.3) is 0 Å². The van der Waals surface area contributed by atoms with Crippen molar-refractivity contribution in [1.82, 2.24) is 14.8 Å². The van der Waals surface area contributed by atoms with E-state index < -0.39 is 17.9 Å². The topological polar surface area (TPSA) is 85.2 Å². The highest BCUT2D eigenvalue weighted by atomic mass is 35.5. The van der Waals surface area contributed by atoms with Crippen LogP contribution in [-0.4, -0.2) is 90.1 Å². The number of nitrogens with zero attached hydrogens (tertiary/aromatic N) is 6. The van der Waals surface area contributed by atoms with E-state index in [4.69, 9.17) is 26.1 Å². The molecule has 5 heterocycles. The number of rotatable bonds is 6. The number of fused-ring (bicyclic) bond motifs is 3. The summed E-state index contributed by atoms with van der Waals surface area (Å²) in [5, 5.41) is 12.6. The molecule has 0 aliphatic carbocycles. The maximum atomic E-state index is 14.6. The third-order valence-corrected chi connectivity index (χ3v) is 10.7. The summed E-state index contributed by atoms with van der Waals surface area (Å²) in [5.74, 6) is 0.525. The first-order valence-electron chi connectivity index (χ1n) is 17.1. The van der Waals surface area contributed by atoms with E-state index in [1.54, 1.807) is 4.90 Å². The van der Waals surface area contributed by atoms with Crippen LogP contribution in [0.25, 0.3) is 10.8 Å². The van der Waals surface area contributed by atoms with Crippen LogP contribution in [-0.2, 0) is 17.7 Å². The van der Waals surface area contributed by atoms with Gasteiger partial charge in [0.2, 0.25) is 5.88 Å². The normalized spacial score (nSPS) is 24.4. The van der Waals surface area contributed by atoms with Gasteiger partial charge in [-0.1, -0.05) is 35.9 Å². The smallest absolute Gasteiger partial charge is 0.410 e. The average molecular weight is 675 g/mol. The van der Waals surface area contributed by atoms with Crippen molar-refractivity contribution in [3.05, 3.63) is 58.7 Å². The van der Waals surface area contributed by atoms with Gasteiger partial charge < -0.3 is 24.2 Å². The van der Waals surface area contributed by atoms with E-state index in [1.807, 2.05) is 39.0 Å². The molecular weight excluding hydrogens is 631 g/mol. The van der Waals surface area contributed by atoms with Gasteiger partial charge in [-0.25, -0.2) is 14.2 Å². The van der Waals surface area contributed by atoms with Crippen molar-refractivity contribution in [2.24, 2.45) is 0 Å². The predicted octanol–water partition coefficient (Wildman–Crippen LogP) is 6.75. The molecule has 4 aliphatic rings. The summed E-state index contributed by atoms with van der Waals surface area (Å²) in [7, 11) is 0. The Kier molecular flexibility index (Phi) is 8.80. The number of anilines is 2. The van der Waals surface area contributed by atoms with E-state index in [9.17, 15) is 14.4 Å². The maximum Gasteiger partial charge on any atom is 0.410 e. The summed E-state index contributed by atoms with van der Waals surface area (Å²) in [6.07, 6.45) is 2.19. The molecule has 4 aliphatic heterocycles. The predicted molar refractivity (Wildman–Crippen MR) is 186 cm³/mol. The Hall–Kier alpha value is -3.81. The Morgan fingerprint density at radius 2 is 1.92 bits per heavy atom. The first-order valence-corrected chi connectivity index (χ1v) is 17.5. The van der Waals surface area contributed by atoms with Crippen molar-refractivity contribution in [3.8, 4) is 11.9 Å². The number of ether oxygens (including phenoxy) is 2. The molecule has 1 amide bonds. The quantitative estimate of drug-likeness (QED) is 0.284. The molecule has 0 radical (unpaired) electrons. The van der Waals surface area contributed by atoms with E-state index in [1.165, 1.54) is 0 Å². The summed E-state index contributed by atoms with van der Waals surface area (Å²) in [5.41, 5.74) is 3.25. The molecule has 0 bridgehead atoms. The number of nitriles is 1. The second-order valence-corrected chi connectivity index (χ2v) is 15.1. The number of piperazine rings is 1. The molecule has 11 heteroatoms. The lowest BCUT2D eigenvalue weighted by Gasteiger charge is -2.43. The van der Waals surface area contributed by atoms with Crippen LogP contribution in [0.4, 0.5) is 20.6 Å². The highest BCUT2D eigenvalue weighted by molar-refractivity contribution is 6.36. The fourth-order valence-electron chi connectivity index (χ4n) is 8.17. The van der Waals surface area contributed by atoms with Crippen molar-refractivity contribution < 1.29 is 18.7 Å². The molecule has 0 saturated carbocycles. The van der Waals surface area contributed by atoms with Crippen LogP contribution in [0.1, 0.15) is 57.7 Å². The number of carbonyl (C=O) groups excluding carboxylic acids is 1. The standard InChI is InChI=1S/C37H44ClFN6O3/c1-36(2,3)48-35(46)45-18-17-43(22-27(45)11-14-40)32-19-33(47-24-37-13-6-15-44(37)21-26(39)20-37)41-30-23-42(16-12-28(30)32)31-10-5-8-25-7-4-9-29(38)34(25)31/h4-5,7-10,19,26-27H,6,11-13,15-18,20-24H2,1-3H3/t26-,27+,37+/m1/s1. The number of aromatic nitrogens is 1. The van der Waals surface area contributed by atoms with Crippen LogP contribution < -0.4 is 14.5 Å². The molecule has 1 aromatic heterocycles. The molecule has 3 atom stereocenters. The lowest BCUT2D eigenvalue weighted by atomic mass is 9.95. The molecule has 0 unspecified atom stereocenters. The SMILES string of the molecule is CC(C)(C)OC(=O)N1CCN(c2cc(OC[C@@]34CCCN3C[C@H](F)C4)nc3c2CCN(c2cccc4cccc(Cl)c24)C3)C[C@@H]1CC#N. The largest absolute Gasteiger partial charge is 0.476 e. The van der Waals surface area contributed by atoms with Crippen molar-refractivity contribution in [2.75, 3.05) is 55.7 Å². The fraction of sp³-hybridized carbons (Fsp3) is 0.541. The van der Waals surface area contributed by atoms with E-state index in [0.717, 1.165) is 65.8 Å². The second kappa shape index (κ2) is 12.9. The van der Waals surface area contributed by atoms with Crippen LogP contribution in [0, 0.1) is 11.3 Å². The molecule has 3 saturated heterocycles. The molecule has 3 aromatic rings. The lowest BCUT2D eigenvalue weighted by Crippen LogP contribution is -2.56. The number of benzene rings is 2. The van der Waals surface area contributed by atoms with Gasteiger partial charge in [0, 0.05) is 67.5 Å². The highest BCUT2D eigenvalue weighted by Crippen LogP contribution is 2.42. The average Bonchev–Trinajstić information content (AvgIpc) is 3.58. The zero-order chi connectivity index (χ0) is 33.6. The minimum atomic E-state index is -0.833. The Balaban J connectivity index is 1.21. The zero-order valence-electron chi connectivity index (χ0n) is 28.1. The molecule has 0 N–H and O–H groups in total. The summed E-state index contributed by atoms with van der Waals surface area (Å²) < 4.78 is 26.8. The molecule has 7 rings (SSSR count). The Morgan fingerprint density at radius 1 is 1.10 bits per heavy atom. The Morgan fingerprint density at radius 3 is 2.71 bits per heavy atom. The highest BCUT2D eigenvalue weighted by Gasteiger charge is 2.49. The Labute approximate surface area is 287 Å². The number of amides is 1. The number of halogens is 2. The van der Waals surface area contributed by atoms with Crippen molar-refractivity contribution >= 4 is 39.8 Å². The molecule has 9 nitrogen and oxygen atoms in total. The Bertz CT molecular complexity index is 1740. The van der Waals surface area contributed by atoms with Crippen LogP contribution in [0.15, 0.2) is 42.5 Å².